The molecule has 2 nitrogen and oxygen atoms in total. The molecule has 2 heteroatoms. The van der Waals surface area contributed by atoms with Crippen molar-refractivity contribution in [3.63, 3.8) is 0 Å². The molecule has 0 aliphatic heterocycles. The van der Waals surface area contributed by atoms with Crippen molar-refractivity contribution in [1.29, 1.82) is 5.26 Å². The maximum absolute atomic E-state index is 9.73. The Hall–Kier alpha value is -2.92. The van der Waals surface area contributed by atoms with E-state index >= 15 is 0 Å². The van der Waals surface area contributed by atoms with Gasteiger partial charge in [-0.1, -0.05) is 74.0 Å². The normalized spacial score (nSPS) is 10.3. The minimum atomic E-state index is 0.703. The van der Waals surface area contributed by atoms with E-state index in [0.717, 1.165) is 47.3 Å². The highest BCUT2D eigenvalue weighted by Gasteiger charge is 2.14. The first-order chi connectivity index (χ1) is 11.8. The predicted octanol–water partition coefficient (Wildman–Crippen LogP) is 5.63. The zero-order chi connectivity index (χ0) is 16.8. The van der Waals surface area contributed by atoms with E-state index in [2.05, 4.69) is 37.3 Å². The topological polar surface area (TPSA) is 36.7 Å². The number of benzene rings is 2. The zero-order valence-electron chi connectivity index (χ0n) is 13.9. The van der Waals surface area contributed by atoms with Gasteiger partial charge in [-0.2, -0.15) is 5.26 Å². The average molecular weight is 312 g/mol. The van der Waals surface area contributed by atoms with Gasteiger partial charge in [0, 0.05) is 11.1 Å². The first kappa shape index (κ1) is 16.0. The Morgan fingerprint density at radius 2 is 1.54 bits per heavy atom. The maximum Gasteiger partial charge on any atom is 0.102 e. The molecule has 1 heterocycles. The van der Waals surface area contributed by atoms with Gasteiger partial charge in [0.25, 0.3) is 0 Å². The summed E-state index contributed by atoms with van der Waals surface area (Å²) in [6.07, 6.45) is 2.96. The molecule has 0 unspecified atom stereocenters. The quantitative estimate of drug-likeness (QED) is 0.612. The highest BCUT2D eigenvalue weighted by molar-refractivity contribution is 5.76. The maximum atomic E-state index is 9.73. The lowest BCUT2D eigenvalue weighted by molar-refractivity contribution is 0.776. The highest BCUT2D eigenvalue weighted by atomic mass is 14.7. The van der Waals surface area contributed by atoms with Crippen molar-refractivity contribution >= 4 is 0 Å². The van der Waals surface area contributed by atoms with Crippen LogP contribution in [0.3, 0.4) is 0 Å². The second kappa shape index (κ2) is 7.57. The van der Waals surface area contributed by atoms with Crippen LogP contribution < -0.4 is 0 Å². The molecule has 0 aliphatic carbocycles. The molecule has 0 amide bonds. The fraction of sp³-hybridized carbons (Fsp3) is 0.182. The first-order valence-electron chi connectivity index (χ1n) is 8.38. The van der Waals surface area contributed by atoms with E-state index in [0.29, 0.717) is 5.56 Å². The smallest absolute Gasteiger partial charge is 0.102 e. The minimum Gasteiger partial charge on any atom is -0.251 e. The number of hydrogen-bond donors (Lipinski definition) is 0. The number of nitriles is 1. The largest absolute Gasteiger partial charge is 0.251 e. The lowest BCUT2D eigenvalue weighted by Gasteiger charge is -2.12. The van der Waals surface area contributed by atoms with Gasteiger partial charge in [-0.3, -0.25) is 4.98 Å². The Balaban J connectivity index is 2.21. The predicted molar refractivity (Wildman–Crippen MR) is 98.4 cm³/mol. The number of rotatable bonds is 5. The molecule has 0 fully saturated rings. The van der Waals surface area contributed by atoms with E-state index in [-0.39, 0.29) is 0 Å². The summed E-state index contributed by atoms with van der Waals surface area (Å²) in [5.41, 5.74) is 5.65. The van der Waals surface area contributed by atoms with Crippen molar-refractivity contribution in [2.24, 2.45) is 0 Å². The summed E-state index contributed by atoms with van der Waals surface area (Å²) >= 11 is 0. The fourth-order valence-corrected chi connectivity index (χ4v) is 2.85. The van der Waals surface area contributed by atoms with Gasteiger partial charge in [-0.05, 0) is 24.5 Å². The Morgan fingerprint density at radius 1 is 0.917 bits per heavy atom. The molecule has 2 aromatic carbocycles. The Kier molecular flexibility index (Phi) is 5.03. The summed E-state index contributed by atoms with van der Waals surface area (Å²) in [7, 11) is 0. The number of pyridine rings is 1. The van der Waals surface area contributed by atoms with Crippen LogP contribution in [0.4, 0.5) is 0 Å². The van der Waals surface area contributed by atoms with Crippen LogP contribution in [0.15, 0.2) is 66.7 Å². The lowest BCUT2D eigenvalue weighted by atomic mass is 9.95. The van der Waals surface area contributed by atoms with Gasteiger partial charge < -0.3 is 0 Å². The van der Waals surface area contributed by atoms with Crippen LogP contribution in [0.2, 0.25) is 0 Å². The number of aromatic nitrogens is 1. The molecular formula is C22H20N2. The van der Waals surface area contributed by atoms with Gasteiger partial charge in [0.05, 0.1) is 17.0 Å². The van der Waals surface area contributed by atoms with E-state index in [1.807, 2.05) is 42.5 Å². The van der Waals surface area contributed by atoms with E-state index in [4.69, 9.17) is 4.98 Å². The van der Waals surface area contributed by atoms with Crippen LogP contribution in [0, 0.1) is 11.3 Å². The van der Waals surface area contributed by atoms with Gasteiger partial charge in [0.15, 0.2) is 0 Å². The molecule has 3 rings (SSSR count). The Morgan fingerprint density at radius 3 is 2.12 bits per heavy atom. The van der Waals surface area contributed by atoms with Crippen LogP contribution in [0.5, 0.6) is 0 Å². The summed E-state index contributed by atoms with van der Waals surface area (Å²) in [5, 5.41) is 9.73. The molecular weight excluding hydrogens is 292 g/mol. The van der Waals surface area contributed by atoms with Gasteiger partial charge in [-0.15, -0.1) is 0 Å². The zero-order valence-corrected chi connectivity index (χ0v) is 13.9. The second-order valence-electron chi connectivity index (χ2n) is 5.82. The number of aryl methyl sites for hydroxylation is 1. The van der Waals surface area contributed by atoms with Gasteiger partial charge in [0.2, 0.25) is 0 Å². The molecule has 0 spiro atoms. The van der Waals surface area contributed by atoms with Crippen LogP contribution in [0.25, 0.3) is 22.4 Å². The summed E-state index contributed by atoms with van der Waals surface area (Å²) < 4.78 is 0. The molecule has 0 aliphatic rings. The molecule has 0 atom stereocenters. The Labute approximate surface area is 143 Å². The summed E-state index contributed by atoms with van der Waals surface area (Å²) in [6.45, 7) is 2.16. The van der Waals surface area contributed by atoms with Crippen LogP contribution in [-0.4, -0.2) is 4.98 Å². The number of nitrogens with zero attached hydrogens (tertiary/aromatic N) is 2. The fourth-order valence-electron chi connectivity index (χ4n) is 2.85. The molecule has 0 N–H and O–H groups in total. The molecule has 118 valence electrons. The second-order valence-corrected chi connectivity index (χ2v) is 5.82. The van der Waals surface area contributed by atoms with Crippen molar-refractivity contribution in [3.05, 3.63) is 78.0 Å². The SMILES string of the molecule is CCCCc1nc(-c2ccccc2)cc(-c2ccccc2)c1C#N. The van der Waals surface area contributed by atoms with E-state index < -0.39 is 0 Å². The van der Waals surface area contributed by atoms with Crippen molar-refractivity contribution in [3.8, 4) is 28.5 Å². The monoisotopic (exact) mass is 312 g/mol. The van der Waals surface area contributed by atoms with Crippen LogP contribution >= 0.6 is 0 Å². The van der Waals surface area contributed by atoms with Crippen LogP contribution in [-0.2, 0) is 6.42 Å². The summed E-state index contributed by atoms with van der Waals surface area (Å²) in [4.78, 5) is 4.81. The third kappa shape index (κ3) is 3.36. The number of unbranched alkanes of at least 4 members (excludes halogenated alkanes) is 1. The van der Waals surface area contributed by atoms with Crippen molar-refractivity contribution < 1.29 is 0 Å². The average Bonchev–Trinajstić information content (AvgIpc) is 2.67. The van der Waals surface area contributed by atoms with Crippen molar-refractivity contribution in [2.45, 2.75) is 26.2 Å². The summed E-state index contributed by atoms with van der Waals surface area (Å²) in [6, 6.07) is 24.7. The lowest BCUT2D eigenvalue weighted by Crippen LogP contribution is -2.00. The molecule has 3 aromatic rings. The number of hydrogen-bond acceptors (Lipinski definition) is 2. The van der Waals surface area contributed by atoms with Crippen molar-refractivity contribution in [1.82, 2.24) is 4.98 Å². The van der Waals surface area contributed by atoms with Gasteiger partial charge in [-0.25, -0.2) is 0 Å². The first-order valence-corrected chi connectivity index (χ1v) is 8.38. The molecule has 0 saturated carbocycles. The molecule has 0 bridgehead atoms. The van der Waals surface area contributed by atoms with Crippen molar-refractivity contribution in [2.75, 3.05) is 0 Å². The third-order valence-electron chi connectivity index (χ3n) is 4.13. The van der Waals surface area contributed by atoms with Gasteiger partial charge in [0.1, 0.15) is 6.07 Å². The van der Waals surface area contributed by atoms with E-state index in [1.165, 1.54) is 0 Å². The molecule has 0 saturated heterocycles. The Bertz CT molecular complexity index is 846. The third-order valence-corrected chi connectivity index (χ3v) is 4.13. The highest BCUT2D eigenvalue weighted by Crippen LogP contribution is 2.30. The molecule has 24 heavy (non-hydrogen) atoms. The van der Waals surface area contributed by atoms with Gasteiger partial charge >= 0.3 is 0 Å². The minimum absolute atomic E-state index is 0.703. The van der Waals surface area contributed by atoms with E-state index in [9.17, 15) is 5.26 Å². The van der Waals surface area contributed by atoms with Crippen LogP contribution in [0.1, 0.15) is 31.0 Å². The molecule has 0 radical (unpaired) electrons. The standard InChI is InChI=1S/C22H20N2/c1-2-3-14-21-20(16-23)19(17-10-6-4-7-11-17)15-22(24-21)18-12-8-5-9-13-18/h4-13,15H,2-3,14H2,1H3. The summed E-state index contributed by atoms with van der Waals surface area (Å²) in [5.74, 6) is 0. The molecule has 1 aromatic heterocycles. The van der Waals surface area contributed by atoms with E-state index in [1.54, 1.807) is 0 Å².